The molecule has 3 atom stereocenters. The minimum absolute atomic E-state index is 0.134. The van der Waals surface area contributed by atoms with Crippen LogP contribution in [0, 0.1) is 17.8 Å². The lowest BCUT2D eigenvalue weighted by Crippen LogP contribution is -2.77. The monoisotopic (exact) mass is 642 g/mol. The molecule has 1 saturated carbocycles. The van der Waals surface area contributed by atoms with Gasteiger partial charge in [0.05, 0.1) is 0 Å². The minimum Gasteiger partial charge on any atom is -0.199 e. The van der Waals surface area contributed by atoms with E-state index in [9.17, 15) is 92.2 Å². The molecule has 0 heterocycles. The van der Waals surface area contributed by atoms with Gasteiger partial charge in [-0.05, 0) is 24.7 Å². The van der Waals surface area contributed by atoms with Gasteiger partial charge in [0, 0.05) is 5.92 Å². The van der Waals surface area contributed by atoms with E-state index in [-0.39, 0.29) is 6.42 Å². The number of rotatable bonds is 11. The number of halogens is 21. The number of allylic oxidation sites excluding steroid dienone is 1. The van der Waals surface area contributed by atoms with Crippen molar-refractivity contribution in [3.8, 4) is 0 Å². The highest BCUT2D eigenvalue weighted by atomic mass is 19.4. The first-order valence-electron chi connectivity index (χ1n) is 10.3. The van der Waals surface area contributed by atoms with E-state index < -0.39 is 90.1 Å². The second-order valence-electron chi connectivity index (χ2n) is 8.97. The predicted octanol–water partition coefficient (Wildman–Crippen LogP) is 9.50. The summed E-state index contributed by atoms with van der Waals surface area (Å²) < 4.78 is 284. The van der Waals surface area contributed by atoms with Crippen molar-refractivity contribution in [1.29, 1.82) is 0 Å². The Hall–Kier alpha value is -1.73. The highest BCUT2D eigenvalue weighted by Gasteiger charge is 2.98. The molecule has 40 heavy (non-hydrogen) atoms. The highest BCUT2D eigenvalue weighted by molar-refractivity contribution is 5.19. The molecule has 0 aromatic carbocycles. The van der Waals surface area contributed by atoms with Gasteiger partial charge in [-0.25, -0.2) is 0 Å². The summed E-state index contributed by atoms with van der Waals surface area (Å²) in [5, 5.41) is 0. The van der Waals surface area contributed by atoms with Crippen LogP contribution in [0.2, 0.25) is 0 Å². The third-order valence-corrected chi connectivity index (χ3v) is 6.59. The Kier molecular flexibility index (Phi) is 8.76. The molecule has 0 aliphatic heterocycles. The van der Waals surface area contributed by atoms with Gasteiger partial charge in [0.2, 0.25) is 0 Å². The van der Waals surface area contributed by atoms with Gasteiger partial charge >= 0.3 is 59.5 Å². The van der Waals surface area contributed by atoms with Crippen LogP contribution in [0.25, 0.3) is 0 Å². The van der Waals surface area contributed by atoms with Crippen LogP contribution in [-0.2, 0) is 0 Å². The molecule has 1 rings (SSSR count). The molecule has 0 bridgehead atoms. The fourth-order valence-electron chi connectivity index (χ4n) is 3.99. The van der Waals surface area contributed by atoms with Gasteiger partial charge in [-0.3, -0.25) is 0 Å². The van der Waals surface area contributed by atoms with E-state index in [2.05, 4.69) is 6.58 Å². The molecule has 1 aliphatic rings. The van der Waals surface area contributed by atoms with Crippen LogP contribution in [0.3, 0.4) is 0 Å². The number of alkyl halides is 21. The summed E-state index contributed by atoms with van der Waals surface area (Å²) in [4.78, 5) is 0. The number of hydrogen-bond donors (Lipinski definition) is 0. The standard InChI is InChI=1S/C19H15F21/c1-3-7-5-8(4-2)9(6-7)10(20,21)11(22,23)12(24,25)13(26,27)14(28,29)15(30,31)16(32,33)17(34,35)18(36,37)19(38,39)40/h4,7-9H,2-3,5-6H2,1H3. The molecule has 1 aliphatic carbocycles. The van der Waals surface area contributed by atoms with Gasteiger partial charge in [-0.2, -0.15) is 92.2 Å². The quantitative estimate of drug-likeness (QED) is 0.156. The molecule has 0 radical (unpaired) electrons. The van der Waals surface area contributed by atoms with E-state index in [1.54, 1.807) is 0 Å². The van der Waals surface area contributed by atoms with Crippen LogP contribution in [-0.4, -0.2) is 59.5 Å². The molecule has 238 valence electrons. The van der Waals surface area contributed by atoms with Crippen molar-refractivity contribution in [2.45, 2.75) is 85.7 Å². The van der Waals surface area contributed by atoms with Crippen LogP contribution < -0.4 is 0 Å². The molecular weight excluding hydrogens is 627 g/mol. The number of hydrogen-bond acceptors (Lipinski definition) is 0. The second kappa shape index (κ2) is 9.65. The Bertz CT molecular complexity index is 927. The lowest BCUT2D eigenvalue weighted by molar-refractivity contribution is -0.475. The molecule has 21 heteroatoms. The Morgan fingerprint density at radius 2 is 0.800 bits per heavy atom. The summed E-state index contributed by atoms with van der Waals surface area (Å²) in [5.41, 5.74) is 0. The average Bonchev–Trinajstić information content (AvgIpc) is 3.21. The third-order valence-electron chi connectivity index (χ3n) is 6.59. The van der Waals surface area contributed by atoms with E-state index in [1.807, 2.05) is 0 Å². The minimum atomic E-state index is -9.15. The summed E-state index contributed by atoms with van der Waals surface area (Å²) in [6.07, 6.45) is -9.44. The van der Waals surface area contributed by atoms with Gasteiger partial charge in [-0.1, -0.05) is 19.4 Å². The maximum Gasteiger partial charge on any atom is 0.460 e. The van der Waals surface area contributed by atoms with Crippen LogP contribution in [0.15, 0.2) is 12.7 Å². The van der Waals surface area contributed by atoms with Crippen molar-refractivity contribution < 1.29 is 92.2 Å². The van der Waals surface area contributed by atoms with Crippen molar-refractivity contribution in [3.63, 3.8) is 0 Å². The van der Waals surface area contributed by atoms with Crippen molar-refractivity contribution in [2.75, 3.05) is 0 Å². The lowest BCUT2D eigenvalue weighted by Gasteiger charge is -2.45. The van der Waals surface area contributed by atoms with E-state index in [4.69, 9.17) is 0 Å². The normalized spacial score (nSPS) is 23.5. The predicted molar refractivity (Wildman–Crippen MR) is 90.8 cm³/mol. The maximum absolute atomic E-state index is 14.5. The molecule has 0 aromatic rings. The van der Waals surface area contributed by atoms with E-state index in [0.29, 0.717) is 6.08 Å². The van der Waals surface area contributed by atoms with E-state index in [1.165, 1.54) is 6.92 Å². The highest BCUT2D eigenvalue weighted by Crippen LogP contribution is 2.67. The molecule has 0 amide bonds. The van der Waals surface area contributed by atoms with Crippen molar-refractivity contribution in [1.82, 2.24) is 0 Å². The van der Waals surface area contributed by atoms with Gasteiger partial charge in [0.25, 0.3) is 0 Å². The lowest BCUT2D eigenvalue weighted by atomic mass is 9.80. The molecule has 0 nitrogen and oxygen atoms in total. The largest absolute Gasteiger partial charge is 0.460 e. The van der Waals surface area contributed by atoms with E-state index >= 15 is 0 Å². The zero-order chi connectivity index (χ0) is 32.6. The van der Waals surface area contributed by atoms with Crippen LogP contribution in [0.4, 0.5) is 92.2 Å². The Balaban J connectivity index is 3.78. The summed E-state index contributed by atoms with van der Waals surface area (Å²) in [6, 6.07) is 0. The van der Waals surface area contributed by atoms with Crippen LogP contribution in [0.5, 0.6) is 0 Å². The van der Waals surface area contributed by atoms with Gasteiger partial charge in [0.15, 0.2) is 0 Å². The topological polar surface area (TPSA) is 0 Å². The zero-order valence-electron chi connectivity index (χ0n) is 19.1. The Morgan fingerprint density at radius 3 is 1.07 bits per heavy atom. The first-order valence-corrected chi connectivity index (χ1v) is 10.3. The Labute approximate surface area is 209 Å². The first kappa shape index (κ1) is 36.3. The fraction of sp³-hybridized carbons (Fsp3) is 0.895. The molecule has 0 N–H and O–H groups in total. The molecule has 0 spiro atoms. The molecule has 0 saturated heterocycles. The SMILES string of the molecule is C=CC1CC(CC)CC1C(F)(F)C(F)(F)C(F)(F)C(F)(F)C(F)(F)C(F)(F)C(F)(F)C(F)(F)C(F)(F)C(F)(F)F. The third kappa shape index (κ3) is 4.40. The van der Waals surface area contributed by atoms with Crippen LogP contribution >= 0.6 is 0 Å². The van der Waals surface area contributed by atoms with Gasteiger partial charge in [-0.15, -0.1) is 6.58 Å². The van der Waals surface area contributed by atoms with Crippen molar-refractivity contribution >= 4 is 0 Å². The summed E-state index contributed by atoms with van der Waals surface area (Å²) >= 11 is 0. The second-order valence-corrected chi connectivity index (χ2v) is 8.97. The van der Waals surface area contributed by atoms with E-state index in [0.717, 1.165) is 0 Å². The fourth-order valence-corrected chi connectivity index (χ4v) is 3.99. The smallest absolute Gasteiger partial charge is 0.199 e. The first-order chi connectivity index (χ1) is 17.2. The Morgan fingerprint density at radius 1 is 0.500 bits per heavy atom. The van der Waals surface area contributed by atoms with Crippen LogP contribution in [0.1, 0.15) is 26.2 Å². The summed E-state index contributed by atoms with van der Waals surface area (Å²) in [6.45, 7) is 4.14. The van der Waals surface area contributed by atoms with Gasteiger partial charge < -0.3 is 0 Å². The van der Waals surface area contributed by atoms with Crippen molar-refractivity contribution in [2.24, 2.45) is 17.8 Å². The van der Waals surface area contributed by atoms with Crippen molar-refractivity contribution in [3.05, 3.63) is 12.7 Å². The molecule has 0 aromatic heterocycles. The molecular formula is C19H15F21. The molecule has 1 fully saturated rings. The summed E-state index contributed by atoms with van der Waals surface area (Å²) in [5.74, 6) is -82.6. The van der Waals surface area contributed by atoms with Gasteiger partial charge in [0.1, 0.15) is 0 Å². The molecule has 3 unspecified atom stereocenters. The average molecular weight is 642 g/mol. The summed E-state index contributed by atoms with van der Waals surface area (Å²) in [7, 11) is 0. The zero-order valence-corrected chi connectivity index (χ0v) is 19.1. The maximum atomic E-state index is 14.5.